The van der Waals surface area contributed by atoms with E-state index in [2.05, 4.69) is 5.32 Å². The molecule has 6 heteroatoms. The molecule has 1 amide bonds. The van der Waals surface area contributed by atoms with Crippen molar-refractivity contribution in [3.05, 3.63) is 48.0 Å². The maximum Gasteiger partial charge on any atom is 0.248 e. The monoisotopic (exact) mass is 299 g/mol. The Bertz CT molecular complexity index is 734. The van der Waals surface area contributed by atoms with Gasteiger partial charge in [0.2, 0.25) is 12.7 Å². The highest BCUT2D eigenvalue weighted by molar-refractivity contribution is 6.03. The van der Waals surface area contributed by atoms with Gasteiger partial charge in [0.25, 0.3) is 0 Å². The Morgan fingerprint density at radius 3 is 2.59 bits per heavy atom. The number of rotatable bonds is 3. The number of phenolic OH excluding ortho intramolecular Hbond substituents is 2. The molecule has 112 valence electrons. The quantitative estimate of drug-likeness (QED) is 0.598. The summed E-state index contributed by atoms with van der Waals surface area (Å²) in [5.74, 6) is 0.408. The van der Waals surface area contributed by atoms with Gasteiger partial charge in [0.05, 0.1) is 0 Å². The predicted octanol–water partition coefficient (Wildman–Crippen LogP) is 2.48. The molecule has 0 radical (unpaired) electrons. The van der Waals surface area contributed by atoms with Crippen LogP contribution in [-0.4, -0.2) is 22.9 Å². The molecule has 0 aromatic heterocycles. The number of hydrogen-bond donors (Lipinski definition) is 3. The molecule has 0 atom stereocenters. The van der Waals surface area contributed by atoms with Crippen LogP contribution in [0.1, 0.15) is 5.56 Å². The van der Waals surface area contributed by atoms with Crippen molar-refractivity contribution in [3.8, 4) is 23.0 Å². The van der Waals surface area contributed by atoms with Gasteiger partial charge >= 0.3 is 0 Å². The van der Waals surface area contributed by atoms with E-state index in [9.17, 15) is 15.0 Å². The zero-order valence-corrected chi connectivity index (χ0v) is 11.4. The third kappa shape index (κ3) is 2.80. The van der Waals surface area contributed by atoms with Crippen LogP contribution in [0.2, 0.25) is 0 Å². The smallest absolute Gasteiger partial charge is 0.248 e. The maximum absolute atomic E-state index is 11.8. The van der Waals surface area contributed by atoms with Crippen molar-refractivity contribution >= 4 is 17.7 Å². The normalized spacial score (nSPS) is 12.5. The van der Waals surface area contributed by atoms with E-state index in [1.54, 1.807) is 24.3 Å². The van der Waals surface area contributed by atoms with Gasteiger partial charge in [0.15, 0.2) is 11.5 Å². The van der Waals surface area contributed by atoms with E-state index in [0.29, 0.717) is 11.5 Å². The molecule has 0 fully saturated rings. The molecule has 2 aromatic carbocycles. The SMILES string of the molecule is O=C(C=Cc1ccc2c(c1)OCO2)Nc1c(O)cccc1O. The minimum Gasteiger partial charge on any atom is -0.506 e. The largest absolute Gasteiger partial charge is 0.506 e. The first-order valence-electron chi connectivity index (χ1n) is 6.53. The van der Waals surface area contributed by atoms with Crippen LogP contribution < -0.4 is 14.8 Å². The van der Waals surface area contributed by atoms with E-state index in [0.717, 1.165) is 5.56 Å². The molecular weight excluding hydrogens is 286 g/mol. The summed E-state index contributed by atoms with van der Waals surface area (Å²) in [5, 5.41) is 21.6. The van der Waals surface area contributed by atoms with E-state index in [4.69, 9.17) is 9.47 Å². The average molecular weight is 299 g/mol. The molecule has 6 nitrogen and oxygen atoms in total. The second-order valence-corrected chi connectivity index (χ2v) is 4.61. The standard InChI is InChI=1S/C16H13NO5/c18-11-2-1-3-12(19)16(11)17-15(20)7-5-10-4-6-13-14(8-10)22-9-21-13/h1-8,18-19H,9H2,(H,17,20). The Labute approximate surface area is 126 Å². The molecule has 0 aliphatic carbocycles. The van der Waals surface area contributed by atoms with Gasteiger partial charge in [-0.2, -0.15) is 0 Å². The van der Waals surface area contributed by atoms with Gasteiger partial charge < -0.3 is 25.0 Å². The molecule has 0 saturated heterocycles. The van der Waals surface area contributed by atoms with E-state index in [1.165, 1.54) is 24.3 Å². The third-order valence-electron chi connectivity index (χ3n) is 3.09. The van der Waals surface area contributed by atoms with Crippen LogP contribution in [0.15, 0.2) is 42.5 Å². The highest BCUT2D eigenvalue weighted by atomic mass is 16.7. The molecule has 1 heterocycles. The van der Waals surface area contributed by atoms with Crippen LogP contribution in [0.5, 0.6) is 23.0 Å². The summed E-state index contributed by atoms with van der Waals surface area (Å²) in [7, 11) is 0. The number of nitrogens with one attached hydrogen (secondary N) is 1. The Hall–Kier alpha value is -3.15. The van der Waals surface area contributed by atoms with Crippen molar-refractivity contribution in [2.24, 2.45) is 0 Å². The first kappa shape index (κ1) is 13.8. The summed E-state index contributed by atoms with van der Waals surface area (Å²) in [6.07, 6.45) is 2.89. The number of phenols is 2. The van der Waals surface area contributed by atoms with Gasteiger partial charge in [-0.15, -0.1) is 0 Å². The average Bonchev–Trinajstić information content (AvgIpc) is 2.96. The predicted molar refractivity (Wildman–Crippen MR) is 80.0 cm³/mol. The highest BCUT2D eigenvalue weighted by Crippen LogP contribution is 2.33. The highest BCUT2D eigenvalue weighted by Gasteiger charge is 2.12. The summed E-state index contributed by atoms with van der Waals surface area (Å²) in [4.78, 5) is 11.8. The molecule has 3 rings (SSSR count). The topological polar surface area (TPSA) is 88.0 Å². The first-order valence-corrected chi connectivity index (χ1v) is 6.53. The summed E-state index contributed by atoms with van der Waals surface area (Å²) >= 11 is 0. The van der Waals surface area contributed by atoms with Crippen molar-refractivity contribution in [1.29, 1.82) is 0 Å². The zero-order chi connectivity index (χ0) is 15.5. The van der Waals surface area contributed by atoms with Crippen LogP contribution in [0.25, 0.3) is 6.08 Å². The third-order valence-corrected chi connectivity index (χ3v) is 3.09. The Morgan fingerprint density at radius 1 is 1.09 bits per heavy atom. The lowest BCUT2D eigenvalue weighted by Crippen LogP contribution is -2.08. The number of fused-ring (bicyclic) bond motifs is 1. The minimum absolute atomic E-state index is 0.0252. The number of amides is 1. The number of benzene rings is 2. The Kier molecular flexibility index (Phi) is 3.57. The van der Waals surface area contributed by atoms with E-state index in [1.807, 2.05) is 0 Å². The molecule has 22 heavy (non-hydrogen) atoms. The molecule has 1 aliphatic rings. The van der Waals surface area contributed by atoms with Crippen molar-refractivity contribution in [2.45, 2.75) is 0 Å². The van der Waals surface area contributed by atoms with Gasteiger partial charge in [-0.25, -0.2) is 0 Å². The first-order chi connectivity index (χ1) is 10.6. The van der Waals surface area contributed by atoms with Gasteiger partial charge in [-0.3, -0.25) is 4.79 Å². The van der Waals surface area contributed by atoms with Gasteiger partial charge in [0, 0.05) is 6.08 Å². The van der Waals surface area contributed by atoms with Crippen molar-refractivity contribution < 1.29 is 24.5 Å². The van der Waals surface area contributed by atoms with Crippen molar-refractivity contribution in [3.63, 3.8) is 0 Å². The van der Waals surface area contributed by atoms with Gasteiger partial charge in [-0.05, 0) is 35.9 Å². The number of aromatic hydroxyl groups is 2. The molecule has 2 aromatic rings. The maximum atomic E-state index is 11.8. The summed E-state index contributed by atoms with van der Waals surface area (Å²) in [6, 6.07) is 9.52. The lowest BCUT2D eigenvalue weighted by atomic mass is 10.2. The molecule has 0 unspecified atom stereocenters. The lowest BCUT2D eigenvalue weighted by Gasteiger charge is -2.06. The fourth-order valence-electron chi connectivity index (χ4n) is 2.01. The lowest BCUT2D eigenvalue weighted by molar-refractivity contribution is -0.111. The number of hydrogen-bond acceptors (Lipinski definition) is 5. The number of anilines is 1. The molecule has 3 N–H and O–H groups in total. The Morgan fingerprint density at radius 2 is 1.82 bits per heavy atom. The van der Waals surface area contributed by atoms with Crippen molar-refractivity contribution in [1.82, 2.24) is 0 Å². The molecule has 0 bridgehead atoms. The van der Waals surface area contributed by atoms with Crippen molar-refractivity contribution in [2.75, 3.05) is 12.1 Å². The van der Waals surface area contributed by atoms with Crippen LogP contribution in [0, 0.1) is 0 Å². The fraction of sp³-hybridized carbons (Fsp3) is 0.0625. The number of carbonyl (C=O) groups is 1. The molecule has 1 aliphatic heterocycles. The summed E-state index contributed by atoms with van der Waals surface area (Å²) in [5.41, 5.74) is 0.740. The molecular formula is C16H13NO5. The van der Waals surface area contributed by atoms with Crippen LogP contribution in [0.3, 0.4) is 0 Å². The van der Waals surface area contributed by atoms with Gasteiger partial charge in [-0.1, -0.05) is 12.1 Å². The fourth-order valence-corrected chi connectivity index (χ4v) is 2.01. The second kappa shape index (κ2) is 5.69. The van der Waals surface area contributed by atoms with Gasteiger partial charge in [0.1, 0.15) is 17.2 Å². The van der Waals surface area contributed by atoms with E-state index in [-0.39, 0.29) is 24.0 Å². The summed E-state index contributed by atoms with van der Waals surface area (Å²) < 4.78 is 10.5. The Balaban J connectivity index is 1.71. The summed E-state index contributed by atoms with van der Waals surface area (Å²) in [6.45, 7) is 0.190. The van der Waals surface area contributed by atoms with Crippen LogP contribution in [-0.2, 0) is 4.79 Å². The number of para-hydroxylation sites is 1. The van der Waals surface area contributed by atoms with Crippen LogP contribution in [0.4, 0.5) is 5.69 Å². The molecule has 0 spiro atoms. The number of carbonyl (C=O) groups excluding carboxylic acids is 1. The molecule has 0 saturated carbocycles. The second-order valence-electron chi connectivity index (χ2n) is 4.61. The zero-order valence-electron chi connectivity index (χ0n) is 11.4. The number of ether oxygens (including phenoxy) is 2. The van der Waals surface area contributed by atoms with E-state index < -0.39 is 5.91 Å². The minimum atomic E-state index is -0.477. The van der Waals surface area contributed by atoms with Crippen LogP contribution >= 0.6 is 0 Å². The van der Waals surface area contributed by atoms with E-state index >= 15 is 0 Å².